The summed E-state index contributed by atoms with van der Waals surface area (Å²) >= 11 is 6.54. The number of likely N-dealkylation sites (tertiary alicyclic amines) is 1. The number of aromatic nitrogens is 3. The van der Waals surface area contributed by atoms with Crippen LogP contribution < -0.4 is 9.64 Å². The second-order valence-corrected chi connectivity index (χ2v) is 10.2. The van der Waals surface area contributed by atoms with Gasteiger partial charge in [-0.25, -0.2) is 4.39 Å². The van der Waals surface area contributed by atoms with Crippen molar-refractivity contribution in [3.8, 4) is 17.3 Å². The molecule has 4 aromatic rings. The van der Waals surface area contributed by atoms with Crippen LogP contribution in [0.15, 0.2) is 42.6 Å². The Kier molecular flexibility index (Phi) is 6.36. The Morgan fingerprint density at radius 1 is 1.03 bits per heavy atom. The highest BCUT2D eigenvalue weighted by molar-refractivity contribution is 6.36. The number of likely N-dealkylation sites (N-methyl/N-ethyl adjacent to an activating group) is 1. The summed E-state index contributed by atoms with van der Waals surface area (Å²) in [5.74, 6) is 0.215. The molecule has 0 saturated carbocycles. The van der Waals surface area contributed by atoms with Crippen LogP contribution in [0.1, 0.15) is 32.1 Å². The Labute approximate surface area is 215 Å². The average Bonchev–Trinajstić information content (AvgIpc) is 3.32. The lowest BCUT2D eigenvalue weighted by molar-refractivity contribution is 0.188. The van der Waals surface area contributed by atoms with E-state index in [1.807, 2.05) is 36.4 Å². The molecule has 0 N–H and O–H groups in total. The van der Waals surface area contributed by atoms with E-state index in [1.165, 1.54) is 6.42 Å². The summed E-state index contributed by atoms with van der Waals surface area (Å²) in [6.45, 7) is 3.29. The van der Waals surface area contributed by atoms with E-state index in [-0.39, 0.29) is 17.2 Å². The summed E-state index contributed by atoms with van der Waals surface area (Å²) in [4.78, 5) is 18.4. The van der Waals surface area contributed by atoms with Gasteiger partial charge in [0, 0.05) is 41.3 Å². The van der Waals surface area contributed by atoms with Gasteiger partial charge in [-0.05, 0) is 57.1 Å². The first-order valence-corrected chi connectivity index (χ1v) is 13.1. The predicted molar refractivity (Wildman–Crippen MR) is 142 cm³/mol. The summed E-state index contributed by atoms with van der Waals surface area (Å²) in [6, 6.07) is 11.9. The molecule has 0 spiro atoms. The maximum atomic E-state index is 16.3. The number of nitrogens with zero attached hydrogens (tertiary/aromatic N) is 5. The Morgan fingerprint density at radius 3 is 2.61 bits per heavy atom. The zero-order valence-electron chi connectivity index (χ0n) is 20.4. The Hall–Kier alpha value is -3.03. The van der Waals surface area contributed by atoms with Gasteiger partial charge in [0.05, 0.1) is 5.39 Å². The number of ether oxygens (including phenoxy) is 1. The number of anilines is 1. The molecular formula is C28H29ClFN5O. The molecule has 2 fully saturated rings. The molecule has 0 amide bonds. The van der Waals surface area contributed by atoms with Crippen molar-refractivity contribution < 1.29 is 9.13 Å². The number of hydrogen-bond acceptors (Lipinski definition) is 6. The van der Waals surface area contributed by atoms with E-state index >= 15 is 4.39 Å². The van der Waals surface area contributed by atoms with Crippen LogP contribution in [0.3, 0.4) is 0 Å². The number of halogens is 2. The summed E-state index contributed by atoms with van der Waals surface area (Å²) < 4.78 is 22.4. The normalized spacial score (nSPS) is 18.9. The van der Waals surface area contributed by atoms with Crippen molar-refractivity contribution in [1.29, 1.82) is 0 Å². The van der Waals surface area contributed by atoms with Crippen molar-refractivity contribution in [3.63, 3.8) is 0 Å². The van der Waals surface area contributed by atoms with E-state index in [0.29, 0.717) is 34.4 Å². The van der Waals surface area contributed by atoms with Crippen LogP contribution in [0.25, 0.3) is 32.9 Å². The first-order chi connectivity index (χ1) is 17.6. The molecule has 8 heteroatoms. The van der Waals surface area contributed by atoms with Gasteiger partial charge in [0.25, 0.3) is 0 Å². The van der Waals surface area contributed by atoms with E-state index in [0.717, 1.165) is 56.1 Å². The molecule has 0 aliphatic carbocycles. The first-order valence-electron chi connectivity index (χ1n) is 12.7. The molecule has 186 valence electrons. The van der Waals surface area contributed by atoms with Crippen LogP contribution in [0, 0.1) is 5.82 Å². The smallest absolute Gasteiger partial charge is 0.319 e. The fraction of sp³-hybridized carbons (Fsp3) is 0.393. The van der Waals surface area contributed by atoms with Crippen molar-refractivity contribution >= 4 is 39.1 Å². The highest BCUT2D eigenvalue weighted by Crippen LogP contribution is 2.37. The van der Waals surface area contributed by atoms with E-state index < -0.39 is 5.82 Å². The molecule has 2 aromatic carbocycles. The van der Waals surface area contributed by atoms with E-state index in [4.69, 9.17) is 21.3 Å². The number of piperidine rings is 1. The van der Waals surface area contributed by atoms with Gasteiger partial charge in [0.15, 0.2) is 5.82 Å². The monoisotopic (exact) mass is 505 g/mol. The lowest BCUT2D eigenvalue weighted by Crippen LogP contribution is -2.32. The molecule has 2 aliphatic heterocycles. The van der Waals surface area contributed by atoms with Crippen molar-refractivity contribution in [3.05, 3.63) is 53.4 Å². The fourth-order valence-corrected chi connectivity index (χ4v) is 5.76. The molecule has 0 radical (unpaired) electrons. The average molecular weight is 506 g/mol. The SMILES string of the molecule is CN1CCC[C@H]1COc1nc(N2CCCCC2)c2cnc(-c3cccc4cccc(Cl)c34)c(F)c2n1. The zero-order chi connectivity index (χ0) is 24.6. The molecule has 36 heavy (non-hydrogen) atoms. The molecule has 2 aliphatic rings. The van der Waals surface area contributed by atoms with Gasteiger partial charge >= 0.3 is 6.01 Å². The summed E-state index contributed by atoms with van der Waals surface area (Å²) in [6.07, 6.45) is 7.28. The molecular weight excluding hydrogens is 477 g/mol. The largest absolute Gasteiger partial charge is 0.462 e. The van der Waals surface area contributed by atoms with Gasteiger partial charge < -0.3 is 14.5 Å². The van der Waals surface area contributed by atoms with Crippen LogP contribution in [-0.4, -0.2) is 59.2 Å². The second kappa shape index (κ2) is 9.79. The Balaban J connectivity index is 1.48. The predicted octanol–water partition coefficient (Wildman–Crippen LogP) is 6.10. The lowest BCUT2D eigenvalue weighted by Gasteiger charge is -2.29. The summed E-state index contributed by atoms with van der Waals surface area (Å²) in [5.41, 5.74) is 1.10. The highest BCUT2D eigenvalue weighted by atomic mass is 35.5. The molecule has 0 unspecified atom stereocenters. The molecule has 1 atom stereocenters. The third-order valence-electron chi connectivity index (χ3n) is 7.48. The number of pyridine rings is 1. The van der Waals surface area contributed by atoms with Gasteiger partial charge in [-0.3, -0.25) is 4.98 Å². The summed E-state index contributed by atoms with van der Waals surface area (Å²) in [7, 11) is 2.11. The Morgan fingerprint density at radius 2 is 1.83 bits per heavy atom. The minimum atomic E-state index is -0.483. The number of hydrogen-bond donors (Lipinski definition) is 0. The number of rotatable bonds is 5. The van der Waals surface area contributed by atoms with Gasteiger partial charge in [-0.1, -0.05) is 41.9 Å². The van der Waals surface area contributed by atoms with Crippen molar-refractivity contribution in [2.24, 2.45) is 0 Å². The van der Waals surface area contributed by atoms with E-state index in [1.54, 1.807) is 6.20 Å². The molecule has 4 heterocycles. The van der Waals surface area contributed by atoms with E-state index in [9.17, 15) is 0 Å². The maximum absolute atomic E-state index is 16.3. The highest BCUT2D eigenvalue weighted by Gasteiger charge is 2.25. The molecule has 2 saturated heterocycles. The third kappa shape index (κ3) is 4.24. The molecule has 6 rings (SSSR count). The van der Waals surface area contributed by atoms with Crippen LogP contribution in [0.4, 0.5) is 10.2 Å². The van der Waals surface area contributed by atoms with Crippen molar-refractivity contribution in [1.82, 2.24) is 19.9 Å². The van der Waals surface area contributed by atoms with Crippen LogP contribution in [0.5, 0.6) is 6.01 Å². The summed E-state index contributed by atoms with van der Waals surface area (Å²) in [5, 5.41) is 2.88. The maximum Gasteiger partial charge on any atom is 0.319 e. The second-order valence-electron chi connectivity index (χ2n) is 9.79. The van der Waals surface area contributed by atoms with Crippen LogP contribution in [0.2, 0.25) is 5.02 Å². The Bertz CT molecular complexity index is 1420. The van der Waals surface area contributed by atoms with Crippen molar-refractivity contribution in [2.45, 2.75) is 38.1 Å². The number of benzene rings is 2. The van der Waals surface area contributed by atoms with Crippen molar-refractivity contribution in [2.75, 3.05) is 38.2 Å². The van der Waals surface area contributed by atoms with Crippen LogP contribution in [-0.2, 0) is 0 Å². The van der Waals surface area contributed by atoms with Gasteiger partial charge in [-0.2, -0.15) is 9.97 Å². The molecule has 2 aromatic heterocycles. The van der Waals surface area contributed by atoms with Gasteiger partial charge in [0.1, 0.15) is 23.6 Å². The molecule has 6 nitrogen and oxygen atoms in total. The third-order valence-corrected chi connectivity index (χ3v) is 7.80. The zero-order valence-corrected chi connectivity index (χ0v) is 21.1. The fourth-order valence-electron chi connectivity index (χ4n) is 5.47. The standard InChI is InChI=1S/C28H29ClFN5O/c1-34-13-7-10-19(34)17-36-28-32-26-21(27(33-28)35-14-3-2-4-15-35)16-31-25(24(26)30)20-11-5-8-18-9-6-12-22(29)23(18)20/h5-6,8-9,11-12,16,19H,2-4,7,10,13-15,17H2,1H3/t19-/m0/s1. The topological polar surface area (TPSA) is 54.4 Å². The van der Waals surface area contributed by atoms with Gasteiger partial charge in [-0.15, -0.1) is 0 Å². The quantitative estimate of drug-likeness (QED) is 0.326. The van der Waals surface area contributed by atoms with Crippen LogP contribution >= 0.6 is 11.6 Å². The number of fused-ring (bicyclic) bond motifs is 2. The van der Waals surface area contributed by atoms with Gasteiger partial charge in [0.2, 0.25) is 0 Å². The minimum Gasteiger partial charge on any atom is -0.462 e. The minimum absolute atomic E-state index is 0.218. The van der Waals surface area contributed by atoms with E-state index in [2.05, 4.69) is 26.8 Å². The lowest BCUT2D eigenvalue weighted by atomic mass is 10.0. The molecule has 0 bridgehead atoms. The first kappa shape index (κ1) is 23.4.